The summed E-state index contributed by atoms with van der Waals surface area (Å²) in [6.07, 6.45) is 1.69. The molecular weight excluding hydrogens is 164 g/mol. The molecule has 1 unspecified atom stereocenters. The van der Waals surface area contributed by atoms with Crippen LogP contribution >= 0.6 is 0 Å². The Balaban J connectivity index is 2.35. The predicted octanol–water partition coefficient (Wildman–Crippen LogP) is 0.649. The topological polar surface area (TPSA) is 32.3 Å². The van der Waals surface area contributed by atoms with Crippen molar-refractivity contribution in [1.29, 1.82) is 0 Å². The van der Waals surface area contributed by atoms with Gasteiger partial charge in [0.1, 0.15) is 5.78 Å². The summed E-state index contributed by atoms with van der Waals surface area (Å²) >= 11 is 0. The van der Waals surface area contributed by atoms with E-state index >= 15 is 0 Å². The Bertz CT molecular complexity index is 164. The third-order valence-electron chi connectivity index (χ3n) is 2.66. The molecule has 3 nitrogen and oxygen atoms in total. The maximum absolute atomic E-state index is 11.6. The third-order valence-corrected chi connectivity index (χ3v) is 2.66. The Labute approximate surface area is 80.5 Å². The number of Topliss-reactive ketones (excluding diaryl/α,β-unsaturated/α-hetero) is 1. The van der Waals surface area contributed by atoms with E-state index in [9.17, 15) is 4.79 Å². The van der Waals surface area contributed by atoms with Crippen molar-refractivity contribution in [3.05, 3.63) is 0 Å². The molecule has 0 radical (unpaired) electrons. The first-order valence-corrected chi connectivity index (χ1v) is 5.23. The number of piperazine rings is 1. The van der Waals surface area contributed by atoms with Gasteiger partial charge in [0.25, 0.3) is 0 Å². The molecule has 1 saturated heterocycles. The largest absolute Gasteiger partial charge is 0.314 e. The number of hydrogen-bond donors (Lipinski definition) is 1. The molecule has 1 fully saturated rings. The maximum atomic E-state index is 11.6. The summed E-state index contributed by atoms with van der Waals surface area (Å²) in [5.41, 5.74) is 0. The van der Waals surface area contributed by atoms with E-state index in [0.29, 0.717) is 5.78 Å². The summed E-state index contributed by atoms with van der Waals surface area (Å²) in [4.78, 5) is 13.9. The summed E-state index contributed by atoms with van der Waals surface area (Å²) < 4.78 is 0. The van der Waals surface area contributed by atoms with E-state index in [1.807, 2.05) is 6.92 Å². The highest BCUT2D eigenvalue weighted by atomic mass is 16.1. The molecule has 0 aromatic carbocycles. The van der Waals surface area contributed by atoms with Crippen LogP contribution in [-0.4, -0.2) is 42.9 Å². The van der Waals surface area contributed by atoms with Crippen molar-refractivity contribution in [2.24, 2.45) is 0 Å². The van der Waals surface area contributed by atoms with E-state index < -0.39 is 0 Å². The van der Waals surface area contributed by atoms with Crippen LogP contribution in [0.4, 0.5) is 0 Å². The molecule has 3 heteroatoms. The SMILES string of the molecule is CCCC(=O)C(C)N1CCNCC1. The molecule has 1 aliphatic rings. The van der Waals surface area contributed by atoms with Crippen molar-refractivity contribution in [2.45, 2.75) is 32.7 Å². The zero-order valence-corrected chi connectivity index (χ0v) is 8.68. The zero-order chi connectivity index (χ0) is 9.68. The van der Waals surface area contributed by atoms with Gasteiger partial charge in [-0.15, -0.1) is 0 Å². The minimum Gasteiger partial charge on any atom is -0.314 e. The van der Waals surface area contributed by atoms with Gasteiger partial charge in [-0.25, -0.2) is 0 Å². The van der Waals surface area contributed by atoms with E-state index in [4.69, 9.17) is 0 Å². The van der Waals surface area contributed by atoms with E-state index in [-0.39, 0.29) is 6.04 Å². The van der Waals surface area contributed by atoms with Crippen molar-refractivity contribution in [2.75, 3.05) is 26.2 Å². The fourth-order valence-electron chi connectivity index (χ4n) is 1.73. The smallest absolute Gasteiger partial charge is 0.149 e. The summed E-state index contributed by atoms with van der Waals surface area (Å²) in [5.74, 6) is 0.393. The number of carbonyl (C=O) groups is 1. The van der Waals surface area contributed by atoms with Gasteiger partial charge in [0.2, 0.25) is 0 Å². The number of nitrogens with one attached hydrogen (secondary N) is 1. The Morgan fingerprint density at radius 3 is 2.62 bits per heavy atom. The first kappa shape index (κ1) is 10.7. The van der Waals surface area contributed by atoms with Gasteiger partial charge in [0.05, 0.1) is 6.04 Å². The monoisotopic (exact) mass is 184 g/mol. The van der Waals surface area contributed by atoms with E-state index in [0.717, 1.165) is 39.0 Å². The van der Waals surface area contributed by atoms with Gasteiger partial charge in [-0.1, -0.05) is 6.92 Å². The highest BCUT2D eigenvalue weighted by Gasteiger charge is 2.21. The Kier molecular flexibility index (Phi) is 4.39. The van der Waals surface area contributed by atoms with E-state index in [2.05, 4.69) is 17.1 Å². The molecule has 1 aliphatic heterocycles. The Morgan fingerprint density at radius 2 is 2.08 bits per heavy atom. The third kappa shape index (κ3) is 3.08. The second-order valence-corrected chi connectivity index (χ2v) is 3.68. The molecule has 0 spiro atoms. The molecule has 1 N–H and O–H groups in total. The molecule has 0 bridgehead atoms. The Hall–Kier alpha value is -0.410. The zero-order valence-electron chi connectivity index (χ0n) is 8.68. The van der Waals surface area contributed by atoms with Crippen molar-refractivity contribution in [3.8, 4) is 0 Å². The highest BCUT2D eigenvalue weighted by molar-refractivity contribution is 5.83. The maximum Gasteiger partial charge on any atom is 0.149 e. The number of hydrogen-bond acceptors (Lipinski definition) is 3. The number of ketones is 1. The van der Waals surface area contributed by atoms with Crippen molar-refractivity contribution in [3.63, 3.8) is 0 Å². The van der Waals surface area contributed by atoms with Crippen molar-refractivity contribution >= 4 is 5.78 Å². The van der Waals surface area contributed by atoms with Crippen LogP contribution in [0.5, 0.6) is 0 Å². The van der Waals surface area contributed by atoms with Crippen LogP contribution in [0, 0.1) is 0 Å². The van der Waals surface area contributed by atoms with Crippen LogP contribution in [0.25, 0.3) is 0 Å². The first-order valence-electron chi connectivity index (χ1n) is 5.23. The lowest BCUT2D eigenvalue weighted by atomic mass is 10.1. The lowest BCUT2D eigenvalue weighted by Gasteiger charge is -2.31. The molecule has 1 heterocycles. The standard InChI is InChI=1S/C10H20N2O/c1-3-4-10(13)9(2)12-7-5-11-6-8-12/h9,11H,3-8H2,1-2H3. The van der Waals surface area contributed by atoms with E-state index in [1.54, 1.807) is 0 Å². The molecule has 0 aromatic heterocycles. The van der Waals surface area contributed by atoms with Gasteiger partial charge in [-0.05, 0) is 13.3 Å². The molecule has 13 heavy (non-hydrogen) atoms. The van der Waals surface area contributed by atoms with Crippen molar-refractivity contribution < 1.29 is 4.79 Å². The minimum atomic E-state index is 0.127. The van der Waals surface area contributed by atoms with Crippen LogP contribution in [0.2, 0.25) is 0 Å². The second kappa shape index (κ2) is 5.35. The molecule has 76 valence electrons. The molecule has 0 amide bonds. The van der Waals surface area contributed by atoms with Crippen LogP contribution < -0.4 is 5.32 Å². The fourth-order valence-corrected chi connectivity index (χ4v) is 1.73. The van der Waals surface area contributed by atoms with Gasteiger partial charge >= 0.3 is 0 Å². The van der Waals surface area contributed by atoms with Crippen molar-refractivity contribution in [1.82, 2.24) is 10.2 Å². The quantitative estimate of drug-likeness (QED) is 0.696. The summed E-state index contributed by atoms with van der Waals surface area (Å²) in [6.45, 7) is 8.15. The van der Waals surface area contributed by atoms with Crippen LogP contribution in [0.3, 0.4) is 0 Å². The summed E-state index contributed by atoms with van der Waals surface area (Å²) in [7, 11) is 0. The number of carbonyl (C=O) groups excluding carboxylic acids is 1. The molecular formula is C10H20N2O. The summed E-state index contributed by atoms with van der Waals surface area (Å²) in [5, 5.41) is 3.29. The van der Waals surface area contributed by atoms with Crippen LogP contribution in [-0.2, 0) is 4.79 Å². The minimum absolute atomic E-state index is 0.127. The van der Waals surface area contributed by atoms with Gasteiger partial charge in [-0.2, -0.15) is 0 Å². The molecule has 0 saturated carbocycles. The normalized spacial score (nSPS) is 21.4. The molecule has 1 atom stereocenters. The summed E-state index contributed by atoms with van der Waals surface area (Å²) in [6, 6.07) is 0.127. The van der Waals surface area contributed by atoms with Gasteiger partial charge in [0.15, 0.2) is 0 Å². The number of nitrogens with zero attached hydrogens (tertiary/aromatic N) is 1. The second-order valence-electron chi connectivity index (χ2n) is 3.68. The lowest BCUT2D eigenvalue weighted by Crippen LogP contribution is -2.50. The average Bonchev–Trinajstić information content (AvgIpc) is 2.18. The van der Waals surface area contributed by atoms with Gasteiger partial charge in [-0.3, -0.25) is 9.69 Å². The molecule has 0 aliphatic carbocycles. The first-order chi connectivity index (χ1) is 6.25. The van der Waals surface area contributed by atoms with E-state index in [1.165, 1.54) is 0 Å². The average molecular weight is 184 g/mol. The van der Waals surface area contributed by atoms with Crippen LogP contribution in [0.15, 0.2) is 0 Å². The molecule has 1 rings (SSSR count). The fraction of sp³-hybridized carbons (Fsp3) is 0.900. The molecule has 0 aromatic rings. The van der Waals surface area contributed by atoms with Gasteiger partial charge < -0.3 is 5.32 Å². The van der Waals surface area contributed by atoms with Gasteiger partial charge in [0, 0.05) is 32.6 Å². The highest BCUT2D eigenvalue weighted by Crippen LogP contribution is 2.05. The Morgan fingerprint density at radius 1 is 1.46 bits per heavy atom. The number of rotatable bonds is 4. The predicted molar refractivity (Wildman–Crippen MR) is 53.8 cm³/mol. The van der Waals surface area contributed by atoms with Crippen LogP contribution in [0.1, 0.15) is 26.7 Å². The lowest BCUT2D eigenvalue weighted by molar-refractivity contribution is -0.124.